The van der Waals surface area contributed by atoms with Crippen molar-refractivity contribution in [3.8, 4) is 28.7 Å². The largest absolute Gasteiger partial charge is 0.504 e. The quantitative estimate of drug-likeness (QED) is 0.329. The van der Waals surface area contributed by atoms with Crippen molar-refractivity contribution in [2.45, 2.75) is 13.3 Å². The number of phenols is 4. The zero-order valence-electron chi connectivity index (χ0n) is 13.4. The van der Waals surface area contributed by atoms with Gasteiger partial charge in [0.2, 0.25) is 11.5 Å². The van der Waals surface area contributed by atoms with Gasteiger partial charge in [-0.3, -0.25) is 4.79 Å². The van der Waals surface area contributed by atoms with Crippen molar-refractivity contribution >= 4 is 17.5 Å². The fourth-order valence-corrected chi connectivity index (χ4v) is 2.52. The number of fused-ring (bicyclic) bond motifs is 1. The second kappa shape index (κ2) is 6.27. The molecule has 0 fully saturated rings. The molecule has 5 N–H and O–H groups in total. The van der Waals surface area contributed by atoms with E-state index in [-0.39, 0.29) is 28.5 Å². The summed E-state index contributed by atoms with van der Waals surface area (Å²) in [7, 11) is 0. The number of carbonyl (C=O) groups is 1. The van der Waals surface area contributed by atoms with E-state index >= 15 is 0 Å². The predicted octanol–water partition coefficient (Wildman–Crippen LogP) is 2.95. The Kier molecular flexibility index (Phi) is 4.14. The van der Waals surface area contributed by atoms with Crippen LogP contribution in [0.25, 0.3) is 6.08 Å². The number of anilines is 1. The molecule has 3 rings (SSSR count). The lowest BCUT2D eigenvalue weighted by molar-refractivity contribution is 0.103. The zero-order valence-corrected chi connectivity index (χ0v) is 13.4. The maximum atomic E-state index is 12.5. The van der Waals surface area contributed by atoms with Gasteiger partial charge in [-0.1, -0.05) is 13.0 Å². The first-order chi connectivity index (χ1) is 11.9. The van der Waals surface area contributed by atoms with Gasteiger partial charge in [-0.25, -0.2) is 0 Å². The summed E-state index contributed by atoms with van der Waals surface area (Å²) in [5, 5.41) is 41.9. The molecule has 2 aromatic carbocycles. The normalized spacial score (nSPS) is 14.4. The van der Waals surface area contributed by atoms with Gasteiger partial charge in [0, 0.05) is 6.07 Å². The minimum absolute atomic E-state index is 0.0457. The van der Waals surface area contributed by atoms with Crippen LogP contribution in [0, 0.1) is 0 Å². The van der Waals surface area contributed by atoms with Crippen LogP contribution in [-0.4, -0.2) is 32.8 Å². The third kappa shape index (κ3) is 2.91. The van der Waals surface area contributed by atoms with Gasteiger partial charge in [0.05, 0.1) is 23.6 Å². The van der Waals surface area contributed by atoms with Crippen LogP contribution in [0.1, 0.15) is 29.3 Å². The highest BCUT2D eigenvalue weighted by molar-refractivity contribution is 6.22. The first-order valence-corrected chi connectivity index (χ1v) is 7.69. The van der Waals surface area contributed by atoms with Gasteiger partial charge in [0.25, 0.3) is 0 Å². The van der Waals surface area contributed by atoms with Crippen LogP contribution in [0.4, 0.5) is 5.69 Å². The molecule has 0 aromatic heterocycles. The molecule has 0 unspecified atom stereocenters. The lowest BCUT2D eigenvalue weighted by Crippen LogP contribution is -2.00. The zero-order chi connectivity index (χ0) is 18.1. The summed E-state index contributed by atoms with van der Waals surface area (Å²) in [6.07, 6.45) is 2.18. The lowest BCUT2D eigenvalue weighted by Gasteiger charge is -2.10. The van der Waals surface area contributed by atoms with Crippen molar-refractivity contribution < 1.29 is 30.0 Å². The lowest BCUT2D eigenvalue weighted by atomic mass is 10.1. The average Bonchev–Trinajstić information content (AvgIpc) is 2.89. The van der Waals surface area contributed by atoms with E-state index in [0.717, 1.165) is 6.42 Å². The van der Waals surface area contributed by atoms with Crippen molar-refractivity contribution in [2.24, 2.45) is 0 Å². The number of allylic oxidation sites excluding steroid dienone is 1. The number of carbonyl (C=O) groups excluding carboxylic acids is 1. The van der Waals surface area contributed by atoms with Crippen molar-refractivity contribution in [3.05, 3.63) is 41.1 Å². The molecule has 1 aliphatic heterocycles. The van der Waals surface area contributed by atoms with E-state index in [1.807, 2.05) is 6.92 Å². The molecule has 130 valence electrons. The number of phenolic OH excluding ortho intramolecular Hbond substituents is 4. The molecule has 0 spiro atoms. The van der Waals surface area contributed by atoms with E-state index in [9.17, 15) is 25.2 Å². The monoisotopic (exact) mass is 343 g/mol. The minimum Gasteiger partial charge on any atom is -0.504 e. The molecule has 7 heteroatoms. The Bertz CT molecular complexity index is 888. The smallest absolute Gasteiger partial charge is 0.215 e. The molecule has 25 heavy (non-hydrogen) atoms. The van der Waals surface area contributed by atoms with E-state index in [1.165, 1.54) is 30.3 Å². The third-order valence-electron chi connectivity index (χ3n) is 3.75. The van der Waals surface area contributed by atoms with Crippen LogP contribution in [0.2, 0.25) is 0 Å². The molecular weight excluding hydrogens is 326 g/mol. The van der Waals surface area contributed by atoms with Gasteiger partial charge in [0.15, 0.2) is 23.0 Å². The van der Waals surface area contributed by atoms with E-state index in [4.69, 9.17) is 4.74 Å². The van der Waals surface area contributed by atoms with Crippen molar-refractivity contribution in [1.82, 2.24) is 0 Å². The van der Waals surface area contributed by atoms with Gasteiger partial charge in [-0.2, -0.15) is 0 Å². The predicted molar refractivity (Wildman–Crippen MR) is 91.3 cm³/mol. The summed E-state index contributed by atoms with van der Waals surface area (Å²) in [6, 6.07) is 5.57. The van der Waals surface area contributed by atoms with E-state index in [1.54, 1.807) is 0 Å². The number of hydrogen-bond donors (Lipinski definition) is 5. The van der Waals surface area contributed by atoms with Crippen LogP contribution in [0.3, 0.4) is 0 Å². The van der Waals surface area contributed by atoms with Gasteiger partial charge < -0.3 is 30.5 Å². The van der Waals surface area contributed by atoms with E-state index < -0.39 is 17.3 Å². The highest BCUT2D eigenvalue weighted by Gasteiger charge is 2.31. The Hall–Kier alpha value is -3.35. The average molecular weight is 343 g/mol. The Balaban J connectivity index is 1.99. The molecule has 7 nitrogen and oxygen atoms in total. The fraction of sp³-hybridized carbons (Fsp3) is 0.167. The van der Waals surface area contributed by atoms with Crippen molar-refractivity contribution in [3.63, 3.8) is 0 Å². The molecule has 0 radical (unpaired) electrons. The second-order valence-corrected chi connectivity index (χ2v) is 5.60. The molecule has 0 amide bonds. The van der Waals surface area contributed by atoms with Gasteiger partial charge in [-0.05, 0) is 30.2 Å². The summed E-state index contributed by atoms with van der Waals surface area (Å²) in [5.41, 5.74) is 0.906. The molecule has 0 saturated carbocycles. The molecule has 0 saturated heterocycles. The van der Waals surface area contributed by atoms with Crippen LogP contribution in [-0.2, 0) is 0 Å². The Labute approximate surface area is 143 Å². The molecular formula is C18H17NO6. The maximum Gasteiger partial charge on any atom is 0.215 e. The van der Waals surface area contributed by atoms with Crippen LogP contribution < -0.4 is 10.1 Å². The van der Waals surface area contributed by atoms with Crippen molar-refractivity contribution in [1.29, 1.82) is 0 Å². The second-order valence-electron chi connectivity index (χ2n) is 5.60. The number of hydrogen-bond acceptors (Lipinski definition) is 7. The van der Waals surface area contributed by atoms with Gasteiger partial charge in [0.1, 0.15) is 0 Å². The van der Waals surface area contributed by atoms with Gasteiger partial charge in [-0.15, -0.1) is 0 Å². The fourth-order valence-electron chi connectivity index (χ4n) is 2.52. The minimum atomic E-state index is -0.543. The summed E-state index contributed by atoms with van der Waals surface area (Å²) < 4.78 is 5.37. The molecule has 0 atom stereocenters. The topological polar surface area (TPSA) is 119 Å². The number of ketones is 1. The van der Waals surface area contributed by atoms with E-state index in [0.29, 0.717) is 17.9 Å². The molecule has 1 aliphatic rings. The molecule has 0 aliphatic carbocycles. The number of aromatic hydroxyl groups is 4. The SMILES string of the molecule is CCCOc1cc2c(c(O)c1O)C(=O)/C(=C\c1ccc(O)c(O)c1)N2. The number of benzene rings is 2. The molecule has 1 heterocycles. The molecule has 0 bridgehead atoms. The van der Waals surface area contributed by atoms with E-state index in [2.05, 4.69) is 5.32 Å². The van der Waals surface area contributed by atoms with Crippen molar-refractivity contribution in [2.75, 3.05) is 11.9 Å². The maximum absolute atomic E-state index is 12.5. The summed E-state index contributed by atoms with van der Waals surface area (Å²) in [4.78, 5) is 12.5. The summed E-state index contributed by atoms with van der Waals surface area (Å²) >= 11 is 0. The Morgan fingerprint density at radius 1 is 1.08 bits per heavy atom. The van der Waals surface area contributed by atoms with Crippen LogP contribution in [0.15, 0.2) is 30.0 Å². The number of rotatable bonds is 4. The Morgan fingerprint density at radius 3 is 2.52 bits per heavy atom. The Morgan fingerprint density at radius 2 is 1.84 bits per heavy atom. The first kappa shape index (κ1) is 16.5. The summed E-state index contributed by atoms with van der Waals surface area (Å²) in [6.45, 7) is 2.26. The standard InChI is InChI=1S/C18H17NO6/c1-2-5-25-14-8-10-15(18(24)17(14)23)16(22)11(19-10)6-9-3-4-12(20)13(21)7-9/h3-4,6-8,19-21,23-24H,2,5H2,1H3/b11-6+. The highest BCUT2D eigenvalue weighted by Crippen LogP contribution is 2.46. The van der Waals surface area contributed by atoms with Crippen LogP contribution in [0.5, 0.6) is 28.7 Å². The number of ether oxygens (including phenoxy) is 1. The first-order valence-electron chi connectivity index (χ1n) is 7.69. The number of nitrogens with one attached hydrogen (secondary N) is 1. The highest BCUT2D eigenvalue weighted by atomic mass is 16.5. The number of Topliss-reactive ketones (excluding diaryl/α,β-unsaturated/α-hetero) is 1. The molecule has 2 aromatic rings. The van der Waals surface area contributed by atoms with Crippen LogP contribution >= 0.6 is 0 Å². The summed E-state index contributed by atoms with van der Waals surface area (Å²) in [5.74, 6) is -2.02. The third-order valence-corrected chi connectivity index (χ3v) is 3.75. The van der Waals surface area contributed by atoms with Gasteiger partial charge >= 0.3 is 0 Å².